The maximum absolute atomic E-state index is 12.7. The summed E-state index contributed by atoms with van der Waals surface area (Å²) in [6.45, 7) is 0. The Bertz CT molecular complexity index is 1190. The summed E-state index contributed by atoms with van der Waals surface area (Å²) in [5.74, 6) is 0.268. The van der Waals surface area contributed by atoms with E-state index in [0.717, 1.165) is 27.6 Å². The fraction of sp³-hybridized carbons (Fsp3) is 0.227. The first-order valence-corrected chi connectivity index (χ1v) is 9.54. The Labute approximate surface area is 168 Å². The van der Waals surface area contributed by atoms with E-state index in [1.807, 2.05) is 55.7 Å². The lowest BCUT2D eigenvalue weighted by atomic mass is 10.1. The quantitative estimate of drug-likeness (QED) is 0.659. The van der Waals surface area contributed by atoms with Gasteiger partial charge in [0.25, 0.3) is 5.91 Å². The third kappa shape index (κ3) is 3.00. The van der Waals surface area contributed by atoms with Gasteiger partial charge in [0.05, 0.1) is 17.7 Å². The smallest absolute Gasteiger partial charge is 0.279 e. The number of nitrogens with zero attached hydrogens (tertiary/aromatic N) is 4. The average Bonchev–Trinajstić information content (AvgIpc) is 3.31. The van der Waals surface area contributed by atoms with Crippen LogP contribution in [0.25, 0.3) is 17.0 Å². The van der Waals surface area contributed by atoms with E-state index in [0.29, 0.717) is 18.1 Å². The van der Waals surface area contributed by atoms with E-state index in [9.17, 15) is 9.90 Å². The van der Waals surface area contributed by atoms with Crippen LogP contribution in [0.3, 0.4) is 0 Å². The third-order valence-electron chi connectivity index (χ3n) is 5.50. The van der Waals surface area contributed by atoms with Crippen LogP contribution in [0.1, 0.15) is 22.7 Å². The number of hydrogen-bond donors (Lipinski definition) is 2. The van der Waals surface area contributed by atoms with Crippen LogP contribution in [0.4, 0.5) is 0 Å². The predicted octanol–water partition coefficient (Wildman–Crippen LogP) is 1.99. The van der Waals surface area contributed by atoms with E-state index in [1.54, 1.807) is 17.8 Å². The van der Waals surface area contributed by atoms with Crippen molar-refractivity contribution in [1.29, 1.82) is 0 Å². The highest BCUT2D eigenvalue weighted by atomic mass is 16.3. The van der Waals surface area contributed by atoms with Crippen LogP contribution >= 0.6 is 0 Å². The molecule has 3 aromatic rings. The monoisotopic (exact) mass is 387 g/mol. The number of fused-ring (bicyclic) bond motifs is 2. The summed E-state index contributed by atoms with van der Waals surface area (Å²) in [7, 11) is 3.57. The molecule has 0 saturated heterocycles. The Kier molecular flexibility index (Phi) is 3.99. The van der Waals surface area contributed by atoms with Crippen molar-refractivity contribution >= 4 is 28.8 Å². The van der Waals surface area contributed by atoms with Gasteiger partial charge in [-0.05, 0) is 34.9 Å². The topological polar surface area (TPSA) is 82.8 Å². The lowest BCUT2D eigenvalue weighted by Gasteiger charge is -2.21. The molecule has 0 unspecified atom stereocenters. The van der Waals surface area contributed by atoms with Gasteiger partial charge < -0.3 is 10.4 Å². The molecule has 1 aliphatic carbocycles. The van der Waals surface area contributed by atoms with Gasteiger partial charge in [-0.1, -0.05) is 30.3 Å². The minimum atomic E-state index is -0.556. The van der Waals surface area contributed by atoms with E-state index in [2.05, 4.69) is 15.4 Å². The minimum Gasteiger partial charge on any atom is -0.390 e. The summed E-state index contributed by atoms with van der Waals surface area (Å²) in [5.41, 5.74) is 4.32. The van der Waals surface area contributed by atoms with Gasteiger partial charge in [0, 0.05) is 32.1 Å². The summed E-state index contributed by atoms with van der Waals surface area (Å²) in [6.07, 6.45) is 3.75. The number of carbonyl (C=O) groups is 1. The van der Waals surface area contributed by atoms with Gasteiger partial charge in [-0.15, -0.1) is 0 Å². The highest BCUT2D eigenvalue weighted by Gasteiger charge is 2.35. The summed E-state index contributed by atoms with van der Waals surface area (Å²) in [4.78, 5) is 18.7. The number of nitrogens with one attached hydrogen (secondary N) is 1. The van der Waals surface area contributed by atoms with Crippen LogP contribution in [0.5, 0.6) is 0 Å². The molecule has 0 bridgehead atoms. The van der Waals surface area contributed by atoms with Crippen molar-refractivity contribution in [1.82, 2.24) is 20.0 Å². The number of benzene rings is 2. The Morgan fingerprint density at radius 3 is 2.90 bits per heavy atom. The van der Waals surface area contributed by atoms with Gasteiger partial charge in [-0.2, -0.15) is 5.10 Å². The first-order chi connectivity index (χ1) is 14.0. The summed E-state index contributed by atoms with van der Waals surface area (Å²) < 4.78 is 1.76. The number of guanidine groups is 1. The van der Waals surface area contributed by atoms with E-state index in [4.69, 9.17) is 0 Å². The maximum atomic E-state index is 12.7. The molecule has 0 fully saturated rings. The van der Waals surface area contributed by atoms with Gasteiger partial charge in [-0.25, -0.2) is 4.99 Å². The molecule has 29 heavy (non-hydrogen) atoms. The van der Waals surface area contributed by atoms with Crippen molar-refractivity contribution < 1.29 is 9.90 Å². The number of aryl methyl sites for hydroxylation is 1. The van der Waals surface area contributed by atoms with Gasteiger partial charge in [0.1, 0.15) is 5.70 Å². The molecule has 7 nitrogen and oxygen atoms in total. The molecule has 1 aliphatic heterocycles. The number of aliphatic hydroxyl groups excluding tert-OH is 1. The molecule has 146 valence electrons. The number of aliphatic hydroxyl groups is 1. The van der Waals surface area contributed by atoms with Crippen molar-refractivity contribution in [2.45, 2.75) is 18.6 Å². The van der Waals surface area contributed by atoms with Crippen LogP contribution in [0.15, 0.2) is 59.4 Å². The predicted molar refractivity (Wildman–Crippen MR) is 111 cm³/mol. The first-order valence-electron chi connectivity index (χ1n) is 9.54. The van der Waals surface area contributed by atoms with Crippen LogP contribution in [-0.2, 0) is 18.3 Å². The molecule has 2 aromatic carbocycles. The van der Waals surface area contributed by atoms with Gasteiger partial charge in [0.15, 0.2) is 0 Å². The average molecular weight is 387 g/mol. The molecule has 5 rings (SSSR count). The molecular formula is C22H21N5O2. The summed E-state index contributed by atoms with van der Waals surface area (Å²) in [6, 6.07) is 13.5. The fourth-order valence-electron chi connectivity index (χ4n) is 4.03. The van der Waals surface area contributed by atoms with E-state index >= 15 is 0 Å². The molecular weight excluding hydrogens is 366 g/mol. The molecule has 2 heterocycles. The molecule has 1 aromatic heterocycles. The van der Waals surface area contributed by atoms with Gasteiger partial charge >= 0.3 is 0 Å². The standard InChI is InChI=1S/C22H21N5O2/c1-26-12-15-9-13(7-8-17(15)25-26)10-18-21(29)27(2)22(23-18)24-20-16-6-4-3-5-14(16)11-19(20)28/h3-10,12,19-20,28H,11H2,1-2H3,(H,23,24)/b18-10-/t19-,20-/m0/s1. The first kappa shape index (κ1) is 17.6. The molecule has 0 saturated carbocycles. The third-order valence-corrected chi connectivity index (χ3v) is 5.50. The normalized spacial score (nSPS) is 22.4. The molecule has 0 spiro atoms. The van der Waals surface area contributed by atoms with E-state index in [-0.39, 0.29) is 11.9 Å². The zero-order valence-electron chi connectivity index (χ0n) is 16.2. The second-order valence-electron chi connectivity index (χ2n) is 7.54. The minimum absolute atomic E-state index is 0.181. The second-order valence-corrected chi connectivity index (χ2v) is 7.54. The zero-order valence-corrected chi connectivity index (χ0v) is 16.2. The molecule has 1 amide bonds. The van der Waals surface area contributed by atoms with Crippen LogP contribution in [-0.4, -0.2) is 44.8 Å². The summed E-state index contributed by atoms with van der Waals surface area (Å²) in [5, 5.41) is 19.1. The SMILES string of the molecule is CN1C(=O)/C(=C/c2ccc3nn(C)cc3c2)N=C1N[C@H]1c2ccccc2C[C@@H]1O. The second kappa shape index (κ2) is 6.56. The largest absolute Gasteiger partial charge is 0.390 e. The zero-order chi connectivity index (χ0) is 20.1. The highest BCUT2D eigenvalue weighted by molar-refractivity contribution is 6.13. The fourth-order valence-corrected chi connectivity index (χ4v) is 4.03. The van der Waals surface area contributed by atoms with Crippen LogP contribution in [0.2, 0.25) is 0 Å². The Morgan fingerprint density at radius 1 is 1.21 bits per heavy atom. The Hall–Kier alpha value is -3.45. The molecule has 7 heteroatoms. The van der Waals surface area contributed by atoms with E-state index < -0.39 is 6.10 Å². The molecule has 2 atom stereocenters. The van der Waals surface area contributed by atoms with Crippen molar-refractivity contribution in [3.05, 3.63) is 71.0 Å². The number of carbonyl (C=O) groups excluding carboxylic acids is 1. The number of aliphatic imine (C=N–C) groups is 1. The Morgan fingerprint density at radius 2 is 2.03 bits per heavy atom. The van der Waals surface area contributed by atoms with Crippen molar-refractivity contribution in [2.75, 3.05) is 7.05 Å². The van der Waals surface area contributed by atoms with Crippen molar-refractivity contribution in [3.63, 3.8) is 0 Å². The van der Waals surface area contributed by atoms with Crippen LogP contribution in [0, 0.1) is 0 Å². The number of likely N-dealkylation sites (N-methyl/N-ethyl adjacent to an activating group) is 1. The number of rotatable bonds is 2. The molecule has 0 radical (unpaired) electrons. The Balaban J connectivity index is 1.44. The number of aromatic nitrogens is 2. The lowest BCUT2D eigenvalue weighted by molar-refractivity contribution is -0.121. The molecule has 2 aliphatic rings. The van der Waals surface area contributed by atoms with Gasteiger partial charge in [-0.3, -0.25) is 14.4 Å². The highest BCUT2D eigenvalue weighted by Crippen LogP contribution is 2.32. The van der Waals surface area contributed by atoms with Crippen molar-refractivity contribution in [2.24, 2.45) is 12.0 Å². The molecule has 2 N–H and O–H groups in total. The van der Waals surface area contributed by atoms with Crippen LogP contribution < -0.4 is 5.32 Å². The number of hydrogen-bond acceptors (Lipinski definition) is 5. The summed E-state index contributed by atoms with van der Waals surface area (Å²) >= 11 is 0. The maximum Gasteiger partial charge on any atom is 0.279 e. The van der Waals surface area contributed by atoms with Crippen molar-refractivity contribution in [3.8, 4) is 0 Å². The number of amides is 1. The van der Waals surface area contributed by atoms with Gasteiger partial charge in [0.2, 0.25) is 5.96 Å². The van der Waals surface area contributed by atoms with E-state index in [1.165, 1.54) is 4.90 Å². The lowest BCUT2D eigenvalue weighted by Crippen LogP contribution is -2.42.